The Morgan fingerprint density at radius 2 is 1.74 bits per heavy atom. The van der Waals surface area contributed by atoms with E-state index in [1.54, 1.807) is 11.3 Å². The van der Waals surface area contributed by atoms with Gasteiger partial charge >= 0.3 is 6.18 Å². The Balaban J connectivity index is 1.61. The molecule has 1 aromatic heterocycles. The van der Waals surface area contributed by atoms with Crippen LogP contribution < -0.4 is 0 Å². The topological polar surface area (TPSA) is 43.7 Å². The maximum Gasteiger partial charge on any atom is 0.416 e. The van der Waals surface area contributed by atoms with Crippen LogP contribution in [0.15, 0.2) is 30.3 Å². The molecular weight excluding hydrogens is 375 g/mol. The fourth-order valence-corrected chi connectivity index (χ4v) is 4.67. The molecule has 3 rings (SSSR count). The van der Waals surface area contributed by atoms with E-state index in [9.17, 15) is 23.4 Å². The number of benzene rings is 1. The summed E-state index contributed by atoms with van der Waals surface area (Å²) in [7, 11) is 0. The first-order chi connectivity index (χ1) is 12.6. The van der Waals surface area contributed by atoms with E-state index in [1.807, 2.05) is 19.9 Å². The number of piperidine rings is 1. The SMILES string of the molecule is Cc1cc([C@H](O)CN2CCC(O)(c3ccc(C(F)(F)F)cc3)CC2)c(C)s1. The van der Waals surface area contributed by atoms with Crippen LogP contribution in [0.2, 0.25) is 0 Å². The summed E-state index contributed by atoms with van der Waals surface area (Å²) in [5.74, 6) is 0. The number of aliphatic hydroxyl groups excluding tert-OH is 1. The fraction of sp³-hybridized carbons (Fsp3) is 0.500. The molecule has 0 unspecified atom stereocenters. The van der Waals surface area contributed by atoms with E-state index in [-0.39, 0.29) is 0 Å². The second kappa shape index (κ2) is 7.54. The van der Waals surface area contributed by atoms with Gasteiger partial charge in [-0.25, -0.2) is 0 Å². The monoisotopic (exact) mass is 399 g/mol. The summed E-state index contributed by atoms with van der Waals surface area (Å²) >= 11 is 1.66. The number of β-amino-alcohol motifs (C(OH)–C–C–N with tert-alkyl or cyclic N) is 1. The number of hydrogen-bond acceptors (Lipinski definition) is 4. The molecule has 1 saturated heterocycles. The van der Waals surface area contributed by atoms with Crippen molar-refractivity contribution in [3.8, 4) is 0 Å². The van der Waals surface area contributed by atoms with E-state index in [4.69, 9.17) is 0 Å². The van der Waals surface area contributed by atoms with Crippen molar-refractivity contribution in [2.24, 2.45) is 0 Å². The summed E-state index contributed by atoms with van der Waals surface area (Å²) in [6.45, 7) is 5.66. The first kappa shape index (κ1) is 20.3. The minimum atomic E-state index is -4.38. The summed E-state index contributed by atoms with van der Waals surface area (Å²) in [6.07, 6.45) is -4.11. The molecule has 2 heterocycles. The Morgan fingerprint density at radius 3 is 2.22 bits per heavy atom. The summed E-state index contributed by atoms with van der Waals surface area (Å²) in [4.78, 5) is 4.37. The Hall–Kier alpha value is -1.41. The molecule has 0 amide bonds. The van der Waals surface area contributed by atoms with Crippen molar-refractivity contribution in [1.29, 1.82) is 0 Å². The minimum absolute atomic E-state index is 0.423. The van der Waals surface area contributed by atoms with Crippen molar-refractivity contribution >= 4 is 11.3 Å². The quantitative estimate of drug-likeness (QED) is 0.801. The van der Waals surface area contributed by atoms with Crippen molar-refractivity contribution in [2.75, 3.05) is 19.6 Å². The Bertz CT molecular complexity index is 778. The van der Waals surface area contributed by atoms with Gasteiger partial charge in [0.1, 0.15) is 0 Å². The van der Waals surface area contributed by atoms with E-state index in [0.29, 0.717) is 38.0 Å². The van der Waals surface area contributed by atoms with Crippen LogP contribution in [-0.2, 0) is 11.8 Å². The van der Waals surface area contributed by atoms with E-state index in [1.165, 1.54) is 12.1 Å². The molecule has 1 aliphatic rings. The molecule has 0 radical (unpaired) electrons. The van der Waals surface area contributed by atoms with Gasteiger partial charge in [-0.1, -0.05) is 12.1 Å². The first-order valence-electron chi connectivity index (χ1n) is 8.96. The number of aryl methyl sites for hydroxylation is 2. The lowest BCUT2D eigenvalue weighted by Gasteiger charge is -2.39. The first-order valence-corrected chi connectivity index (χ1v) is 9.77. The summed E-state index contributed by atoms with van der Waals surface area (Å²) in [5, 5.41) is 21.4. The zero-order valence-corrected chi connectivity index (χ0v) is 16.2. The average molecular weight is 399 g/mol. The van der Waals surface area contributed by atoms with Crippen molar-refractivity contribution in [1.82, 2.24) is 4.90 Å². The van der Waals surface area contributed by atoms with Crippen LogP contribution in [0.1, 0.15) is 45.4 Å². The molecule has 0 spiro atoms. The van der Waals surface area contributed by atoms with Gasteiger partial charge in [-0.05, 0) is 56.0 Å². The molecular formula is C20H24F3NO2S. The summed E-state index contributed by atoms with van der Waals surface area (Å²) in [6, 6.07) is 6.78. The highest BCUT2D eigenvalue weighted by molar-refractivity contribution is 7.12. The highest BCUT2D eigenvalue weighted by atomic mass is 32.1. The molecule has 2 N–H and O–H groups in total. The maximum absolute atomic E-state index is 12.7. The smallest absolute Gasteiger partial charge is 0.387 e. The Morgan fingerprint density at radius 1 is 1.15 bits per heavy atom. The lowest BCUT2D eigenvalue weighted by atomic mass is 9.84. The molecule has 27 heavy (non-hydrogen) atoms. The lowest BCUT2D eigenvalue weighted by Crippen LogP contribution is -2.44. The average Bonchev–Trinajstić information content (AvgIpc) is 2.95. The molecule has 1 aromatic carbocycles. The van der Waals surface area contributed by atoms with Gasteiger partial charge < -0.3 is 15.1 Å². The predicted octanol–water partition coefficient (Wildman–Crippen LogP) is 4.40. The zero-order chi connectivity index (χ0) is 19.8. The standard InChI is InChI=1S/C20H24F3NO2S/c1-13-11-17(14(2)27-13)18(25)12-24-9-7-19(26,8-10-24)15-3-5-16(6-4-15)20(21,22)23/h3-6,11,18,25-26H,7-10,12H2,1-2H3/t18-/m1/s1. The van der Waals surface area contributed by atoms with Crippen LogP contribution >= 0.6 is 11.3 Å². The molecule has 1 fully saturated rings. The van der Waals surface area contributed by atoms with E-state index >= 15 is 0 Å². The van der Waals surface area contributed by atoms with E-state index < -0.39 is 23.4 Å². The fourth-order valence-electron chi connectivity index (χ4n) is 3.69. The Kier molecular flexibility index (Phi) is 5.68. The van der Waals surface area contributed by atoms with Gasteiger partial charge in [0.2, 0.25) is 0 Å². The van der Waals surface area contributed by atoms with Gasteiger partial charge in [0, 0.05) is 29.4 Å². The highest BCUT2D eigenvalue weighted by Gasteiger charge is 2.36. The largest absolute Gasteiger partial charge is 0.416 e. The van der Waals surface area contributed by atoms with Gasteiger partial charge in [0.25, 0.3) is 0 Å². The number of nitrogens with zero attached hydrogens (tertiary/aromatic N) is 1. The van der Waals surface area contributed by atoms with Crippen LogP contribution in [-0.4, -0.2) is 34.7 Å². The molecule has 7 heteroatoms. The van der Waals surface area contributed by atoms with Crippen LogP contribution in [0, 0.1) is 13.8 Å². The van der Waals surface area contributed by atoms with Crippen molar-refractivity contribution in [2.45, 2.75) is 44.6 Å². The summed E-state index contributed by atoms with van der Waals surface area (Å²) in [5.41, 5.74) is -0.376. The van der Waals surface area contributed by atoms with Crippen molar-refractivity contribution in [3.63, 3.8) is 0 Å². The molecule has 0 saturated carbocycles. The predicted molar refractivity (Wildman–Crippen MR) is 99.8 cm³/mol. The molecule has 1 aliphatic heterocycles. The van der Waals surface area contributed by atoms with Crippen LogP contribution in [0.4, 0.5) is 13.2 Å². The minimum Gasteiger partial charge on any atom is -0.387 e. The molecule has 2 aromatic rings. The summed E-state index contributed by atoms with van der Waals surface area (Å²) < 4.78 is 38.1. The van der Waals surface area contributed by atoms with E-state index in [2.05, 4.69) is 4.90 Å². The Labute approximate surface area is 161 Å². The molecule has 148 valence electrons. The number of alkyl halides is 3. The van der Waals surface area contributed by atoms with Crippen molar-refractivity contribution < 1.29 is 23.4 Å². The van der Waals surface area contributed by atoms with Gasteiger partial charge in [-0.3, -0.25) is 0 Å². The van der Waals surface area contributed by atoms with Gasteiger partial charge in [0.15, 0.2) is 0 Å². The van der Waals surface area contributed by atoms with Gasteiger partial charge in [-0.15, -0.1) is 11.3 Å². The third-order valence-corrected chi connectivity index (χ3v) is 6.28. The van der Waals surface area contributed by atoms with Crippen LogP contribution in [0.25, 0.3) is 0 Å². The molecule has 0 aliphatic carbocycles. The number of rotatable bonds is 4. The number of aliphatic hydroxyl groups is 2. The number of halogens is 3. The second-order valence-corrected chi connectivity index (χ2v) is 8.75. The second-order valence-electron chi connectivity index (χ2n) is 7.29. The third kappa shape index (κ3) is 4.54. The number of hydrogen-bond donors (Lipinski definition) is 2. The molecule has 1 atom stereocenters. The van der Waals surface area contributed by atoms with Gasteiger partial charge in [-0.2, -0.15) is 13.2 Å². The third-order valence-electron chi connectivity index (χ3n) is 5.30. The molecule has 0 bridgehead atoms. The van der Waals surface area contributed by atoms with Crippen LogP contribution in [0.5, 0.6) is 0 Å². The highest BCUT2D eigenvalue weighted by Crippen LogP contribution is 2.36. The zero-order valence-electron chi connectivity index (χ0n) is 15.4. The number of thiophene rings is 1. The van der Waals surface area contributed by atoms with Crippen molar-refractivity contribution in [3.05, 3.63) is 56.8 Å². The lowest BCUT2D eigenvalue weighted by molar-refractivity contribution is -0.137. The van der Waals surface area contributed by atoms with E-state index in [0.717, 1.165) is 27.5 Å². The van der Waals surface area contributed by atoms with Gasteiger partial charge in [0.05, 0.1) is 17.3 Å². The maximum atomic E-state index is 12.7. The normalized spacial score (nSPS) is 19.2. The van der Waals surface area contributed by atoms with Crippen LogP contribution in [0.3, 0.4) is 0 Å². The molecule has 3 nitrogen and oxygen atoms in total. The number of likely N-dealkylation sites (tertiary alicyclic amines) is 1.